The molecule has 0 spiro atoms. The molecule has 0 atom stereocenters. The average molecular weight is 289 g/mol. The van der Waals surface area contributed by atoms with Crippen molar-refractivity contribution in [2.24, 2.45) is 0 Å². The lowest BCUT2D eigenvalue weighted by Gasteiger charge is -1.93. The summed E-state index contributed by atoms with van der Waals surface area (Å²) in [6.45, 7) is 2.06. The third kappa shape index (κ3) is 2.30. The molecular formula is C14H12FN3OS. The number of halogens is 1. The van der Waals surface area contributed by atoms with Gasteiger partial charge in [-0.05, 0) is 24.6 Å². The highest BCUT2D eigenvalue weighted by Gasteiger charge is 2.15. The van der Waals surface area contributed by atoms with Gasteiger partial charge in [0.25, 0.3) is 5.89 Å². The van der Waals surface area contributed by atoms with E-state index in [2.05, 4.69) is 17.1 Å². The molecule has 2 aromatic heterocycles. The van der Waals surface area contributed by atoms with Gasteiger partial charge in [-0.2, -0.15) is 4.98 Å². The second-order valence-corrected chi connectivity index (χ2v) is 5.45. The number of thiophene rings is 1. The maximum Gasteiger partial charge on any atom is 0.261 e. The zero-order valence-electron chi connectivity index (χ0n) is 10.8. The van der Waals surface area contributed by atoms with Gasteiger partial charge in [-0.1, -0.05) is 24.2 Å². The number of aryl methyl sites for hydroxylation is 1. The van der Waals surface area contributed by atoms with Gasteiger partial charge >= 0.3 is 0 Å². The zero-order chi connectivity index (χ0) is 14.1. The van der Waals surface area contributed by atoms with E-state index in [0.717, 1.165) is 16.9 Å². The first-order valence-corrected chi connectivity index (χ1v) is 6.97. The molecule has 0 saturated heterocycles. The molecule has 0 aliphatic rings. The smallest absolute Gasteiger partial charge is 0.261 e. The molecule has 0 aliphatic heterocycles. The fourth-order valence-electron chi connectivity index (χ4n) is 1.88. The van der Waals surface area contributed by atoms with Crippen molar-refractivity contribution in [1.82, 2.24) is 10.1 Å². The highest BCUT2D eigenvalue weighted by atomic mass is 32.1. The number of anilines is 1. The second-order valence-electron chi connectivity index (χ2n) is 4.28. The summed E-state index contributed by atoms with van der Waals surface area (Å²) in [6.07, 6.45) is 0.903. The molecule has 102 valence electrons. The normalized spacial score (nSPS) is 10.9. The van der Waals surface area contributed by atoms with Gasteiger partial charge in [0.05, 0.1) is 10.6 Å². The number of rotatable bonds is 3. The molecular weight excluding hydrogens is 277 g/mol. The van der Waals surface area contributed by atoms with E-state index in [1.807, 2.05) is 6.07 Å². The van der Waals surface area contributed by atoms with Crippen LogP contribution in [-0.4, -0.2) is 10.1 Å². The monoisotopic (exact) mass is 289 g/mol. The predicted octanol–water partition coefficient (Wildman–Crippen LogP) is 3.75. The molecule has 2 N–H and O–H groups in total. The maximum atomic E-state index is 13.2. The molecule has 0 radical (unpaired) electrons. The molecule has 1 aromatic carbocycles. The van der Waals surface area contributed by atoms with Gasteiger partial charge in [0.15, 0.2) is 0 Å². The van der Waals surface area contributed by atoms with Crippen LogP contribution in [0.4, 0.5) is 9.39 Å². The molecule has 20 heavy (non-hydrogen) atoms. The van der Waals surface area contributed by atoms with Crippen LogP contribution in [0.3, 0.4) is 0 Å². The Morgan fingerprint density at radius 2 is 2.20 bits per heavy atom. The van der Waals surface area contributed by atoms with Crippen molar-refractivity contribution in [1.29, 1.82) is 0 Å². The van der Waals surface area contributed by atoms with Crippen molar-refractivity contribution in [3.63, 3.8) is 0 Å². The number of benzene rings is 1. The minimum Gasteiger partial charge on any atom is -0.390 e. The quantitative estimate of drug-likeness (QED) is 0.797. The van der Waals surface area contributed by atoms with E-state index in [1.54, 1.807) is 12.1 Å². The van der Waals surface area contributed by atoms with E-state index in [1.165, 1.54) is 23.5 Å². The van der Waals surface area contributed by atoms with Crippen molar-refractivity contribution < 1.29 is 8.91 Å². The van der Waals surface area contributed by atoms with Crippen LogP contribution < -0.4 is 5.73 Å². The van der Waals surface area contributed by atoms with Crippen LogP contribution in [-0.2, 0) is 6.42 Å². The van der Waals surface area contributed by atoms with Gasteiger partial charge in [-0.15, -0.1) is 11.3 Å². The van der Waals surface area contributed by atoms with Crippen LogP contribution >= 0.6 is 11.3 Å². The minimum atomic E-state index is -0.336. The molecule has 0 saturated carbocycles. The van der Waals surface area contributed by atoms with Crippen LogP contribution in [0.25, 0.3) is 22.8 Å². The summed E-state index contributed by atoms with van der Waals surface area (Å²) in [5.41, 5.74) is 7.26. The van der Waals surface area contributed by atoms with Gasteiger partial charge in [-0.25, -0.2) is 4.39 Å². The van der Waals surface area contributed by atoms with Crippen LogP contribution in [0.2, 0.25) is 0 Å². The molecule has 0 unspecified atom stereocenters. The third-order valence-electron chi connectivity index (χ3n) is 2.90. The molecule has 0 aliphatic carbocycles. The Bertz CT molecular complexity index is 750. The summed E-state index contributed by atoms with van der Waals surface area (Å²) in [4.78, 5) is 5.44. The maximum absolute atomic E-state index is 13.2. The summed E-state index contributed by atoms with van der Waals surface area (Å²) in [6, 6.07) is 8.02. The predicted molar refractivity (Wildman–Crippen MR) is 76.8 cm³/mol. The van der Waals surface area contributed by atoms with Crippen LogP contribution in [0, 0.1) is 5.82 Å². The van der Waals surface area contributed by atoms with Crippen LogP contribution in [0.5, 0.6) is 0 Å². The second kappa shape index (κ2) is 5.05. The molecule has 0 fully saturated rings. The Labute approximate surface area is 119 Å². The summed E-state index contributed by atoms with van der Waals surface area (Å²) in [7, 11) is 0. The number of hydrogen-bond acceptors (Lipinski definition) is 5. The van der Waals surface area contributed by atoms with E-state index in [-0.39, 0.29) is 5.82 Å². The zero-order valence-corrected chi connectivity index (χ0v) is 11.6. The fourth-order valence-corrected chi connectivity index (χ4v) is 2.74. The van der Waals surface area contributed by atoms with Crippen molar-refractivity contribution in [3.8, 4) is 22.8 Å². The van der Waals surface area contributed by atoms with E-state index in [4.69, 9.17) is 10.3 Å². The van der Waals surface area contributed by atoms with Gasteiger partial charge < -0.3 is 10.3 Å². The Morgan fingerprint density at radius 1 is 1.35 bits per heavy atom. The highest BCUT2D eigenvalue weighted by molar-refractivity contribution is 7.16. The molecule has 3 rings (SSSR count). The van der Waals surface area contributed by atoms with Crippen molar-refractivity contribution in [2.75, 3.05) is 5.73 Å². The number of nitrogens with two attached hydrogens (primary N) is 1. The topological polar surface area (TPSA) is 64.9 Å². The summed E-state index contributed by atoms with van der Waals surface area (Å²) >= 11 is 1.51. The Morgan fingerprint density at radius 3 is 2.90 bits per heavy atom. The fraction of sp³-hybridized carbons (Fsp3) is 0.143. The number of nitrogen functional groups attached to an aromatic ring is 1. The third-order valence-corrected chi connectivity index (χ3v) is 4.01. The standard InChI is InChI=1S/C14H12FN3OS/c1-2-10-7-11(12(16)20-10)14-17-13(18-19-14)8-4-3-5-9(15)6-8/h3-7H,2,16H2,1H3. The van der Waals surface area contributed by atoms with Gasteiger partial charge in [0.1, 0.15) is 5.82 Å². The minimum absolute atomic E-state index is 0.336. The van der Waals surface area contributed by atoms with E-state index >= 15 is 0 Å². The van der Waals surface area contributed by atoms with Crippen LogP contribution in [0.1, 0.15) is 11.8 Å². The van der Waals surface area contributed by atoms with Gasteiger partial charge in [0.2, 0.25) is 5.82 Å². The molecule has 4 nitrogen and oxygen atoms in total. The first kappa shape index (κ1) is 12.8. The molecule has 0 amide bonds. The number of nitrogens with zero attached hydrogens (tertiary/aromatic N) is 2. The highest BCUT2D eigenvalue weighted by Crippen LogP contribution is 2.34. The lowest BCUT2D eigenvalue weighted by atomic mass is 10.2. The largest absolute Gasteiger partial charge is 0.390 e. The van der Waals surface area contributed by atoms with Crippen molar-refractivity contribution in [2.45, 2.75) is 13.3 Å². The van der Waals surface area contributed by atoms with Crippen LogP contribution in [0.15, 0.2) is 34.9 Å². The van der Waals surface area contributed by atoms with Crippen molar-refractivity contribution in [3.05, 3.63) is 41.0 Å². The first-order valence-electron chi connectivity index (χ1n) is 6.15. The summed E-state index contributed by atoms with van der Waals surface area (Å²) in [5, 5.41) is 4.53. The van der Waals surface area contributed by atoms with E-state index in [9.17, 15) is 4.39 Å². The van der Waals surface area contributed by atoms with Gasteiger partial charge in [-0.3, -0.25) is 0 Å². The Hall–Kier alpha value is -2.21. The first-order chi connectivity index (χ1) is 9.67. The molecule has 6 heteroatoms. The van der Waals surface area contributed by atoms with E-state index < -0.39 is 0 Å². The molecule has 0 bridgehead atoms. The Kier molecular flexibility index (Phi) is 3.23. The lowest BCUT2D eigenvalue weighted by molar-refractivity contribution is 0.432. The summed E-state index contributed by atoms with van der Waals surface area (Å²) in [5.74, 6) is 0.373. The lowest BCUT2D eigenvalue weighted by Crippen LogP contribution is -1.84. The number of hydrogen-bond donors (Lipinski definition) is 1. The van der Waals surface area contributed by atoms with E-state index in [0.29, 0.717) is 22.3 Å². The molecule has 3 aromatic rings. The average Bonchev–Trinajstić information content (AvgIpc) is 3.05. The SMILES string of the molecule is CCc1cc(-c2nc(-c3cccc(F)c3)no2)c(N)s1. The van der Waals surface area contributed by atoms with Gasteiger partial charge in [0, 0.05) is 10.4 Å². The van der Waals surface area contributed by atoms with Crippen molar-refractivity contribution >= 4 is 16.3 Å². The summed E-state index contributed by atoms with van der Waals surface area (Å²) < 4.78 is 18.4. The molecule has 2 heterocycles. The number of aromatic nitrogens is 2. The Balaban J connectivity index is 1.99.